The Balaban J connectivity index is 1.66. The molecule has 3 aromatic rings. The van der Waals surface area contributed by atoms with Gasteiger partial charge in [-0.05, 0) is 31.0 Å². The third kappa shape index (κ3) is 3.10. The lowest BCUT2D eigenvalue weighted by atomic mass is 9.89. The molecule has 2 aromatic heterocycles. The fourth-order valence-electron chi connectivity index (χ4n) is 3.36. The second-order valence-corrected chi connectivity index (χ2v) is 6.94. The summed E-state index contributed by atoms with van der Waals surface area (Å²) in [6.45, 7) is 0. The molecule has 0 bridgehead atoms. The van der Waals surface area contributed by atoms with Gasteiger partial charge in [0.1, 0.15) is 11.7 Å². The lowest BCUT2D eigenvalue weighted by Crippen LogP contribution is -2.37. The van der Waals surface area contributed by atoms with Crippen molar-refractivity contribution >= 4 is 28.5 Å². The van der Waals surface area contributed by atoms with Crippen LogP contribution in [0.3, 0.4) is 0 Å². The zero-order valence-electron chi connectivity index (χ0n) is 14.1. The second-order valence-electron chi connectivity index (χ2n) is 6.50. The SMILES string of the molecule is O=C(Nn1cnc2c(cnn2-c2cccc(Cl)c2)c1=O)C1CCCCC1. The highest BCUT2D eigenvalue weighted by Gasteiger charge is 2.22. The van der Waals surface area contributed by atoms with E-state index in [2.05, 4.69) is 15.5 Å². The summed E-state index contributed by atoms with van der Waals surface area (Å²) in [5.74, 6) is -0.171. The maximum absolute atomic E-state index is 12.7. The summed E-state index contributed by atoms with van der Waals surface area (Å²) >= 11 is 6.03. The average molecular weight is 372 g/mol. The summed E-state index contributed by atoms with van der Waals surface area (Å²) in [7, 11) is 0. The van der Waals surface area contributed by atoms with Crippen LogP contribution in [0.25, 0.3) is 16.7 Å². The number of rotatable bonds is 3. The fourth-order valence-corrected chi connectivity index (χ4v) is 3.55. The van der Waals surface area contributed by atoms with Crippen LogP contribution in [0.5, 0.6) is 0 Å². The monoisotopic (exact) mass is 371 g/mol. The van der Waals surface area contributed by atoms with Crippen molar-refractivity contribution in [2.75, 3.05) is 5.43 Å². The van der Waals surface area contributed by atoms with Gasteiger partial charge in [0.25, 0.3) is 5.56 Å². The van der Waals surface area contributed by atoms with Crippen LogP contribution in [0.2, 0.25) is 5.02 Å². The maximum Gasteiger partial charge on any atom is 0.283 e. The smallest absolute Gasteiger partial charge is 0.273 e. The first-order valence-corrected chi connectivity index (χ1v) is 9.03. The minimum Gasteiger partial charge on any atom is -0.273 e. The Morgan fingerprint density at radius 2 is 2.04 bits per heavy atom. The van der Waals surface area contributed by atoms with E-state index in [0.717, 1.165) is 30.4 Å². The van der Waals surface area contributed by atoms with Crippen molar-refractivity contribution < 1.29 is 4.79 Å². The third-order valence-electron chi connectivity index (χ3n) is 4.75. The molecule has 1 fully saturated rings. The average Bonchev–Trinajstić information content (AvgIpc) is 3.09. The van der Waals surface area contributed by atoms with Gasteiger partial charge in [0.2, 0.25) is 5.91 Å². The molecule has 7 nitrogen and oxygen atoms in total. The number of carbonyl (C=O) groups is 1. The lowest BCUT2D eigenvalue weighted by molar-refractivity contribution is -0.121. The van der Waals surface area contributed by atoms with E-state index in [9.17, 15) is 9.59 Å². The molecule has 8 heteroatoms. The highest BCUT2D eigenvalue weighted by Crippen LogP contribution is 2.23. The number of fused-ring (bicyclic) bond motifs is 1. The number of amides is 1. The van der Waals surface area contributed by atoms with E-state index < -0.39 is 0 Å². The molecule has 4 rings (SSSR count). The van der Waals surface area contributed by atoms with Gasteiger partial charge in [0.05, 0.1) is 11.9 Å². The van der Waals surface area contributed by atoms with Crippen LogP contribution in [-0.2, 0) is 4.79 Å². The Labute approximate surface area is 154 Å². The molecule has 1 aliphatic carbocycles. The molecule has 0 radical (unpaired) electrons. The first-order valence-electron chi connectivity index (χ1n) is 8.66. The van der Waals surface area contributed by atoms with Crippen molar-refractivity contribution in [2.24, 2.45) is 5.92 Å². The van der Waals surface area contributed by atoms with Crippen molar-refractivity contribution in [1.82, 2.24) is 19.4 Å². The van der Waals surface area contributed by atoms with Crippen molar-refractivity contribution in [3.63, 3.8) is 0 Å². The number of hydrogen-bond donors (Lipinski definition) is 1. The third-order valence-corrected chi connectivity index (χ3v) is 4.98. The Kier molecular flexibility index (Phi) is 4.46. The summed E-state index contributed by atoms with van der Waals surface area (Å²) in [6.07, 6.45) is 7.78. The van der Waals surface area contributed by atoms with Crippen LogP contribution >= 0.6 is 11.6 Å². The zero-order valence-corrected chi connectivity index (χ0v) is 14.8. The molecule has 26 heavy (non-hydrogen) atoms. The molecule has 2 heterocycles. The summed E-state index contributed by atoms with van der Waals surface area (Å²) in [4.78, 5) is 29.4. The van der Waals surface area contributed by atoms with Crippen molar-refractivity contribution in [3.05, 3.63) is 52.2 Å². The molecule has 0 saturated heterocycles. The quantitative estimate of drug-likeness (QED) is 0.767. The summed E-state index contributed by atoms with van der Waals surface area (Å²) < 4.78 is 2.69. The van der Waals surface area contributed by atoms with Gasteiger partial charge in [0.15, 0.2) is 5.65 Å². The normalized spacial score (nSPS) is 15.3. The Morgan fingerprint density at radius 1 is 1.23 bits per heavy atom. The van der Waals surface area contributed by atoms with E-state index in [1.165, 1.54) is 18.9 Å². The second kappa shape index (κ2) is 6.92. The summed E-state index contributed by atoms with van der Waals surface area (Å²) in [5.41, 5.74) is 3.45. The minimum absolute atomic E-state index is 0.0412. The standard InChI is InChI=1S/C18H18ClN5O2/c19-13-7-4-8-14(9-13)24-16-15(10-21-24)18(26)23(11-20-16)22-17(25)12-5-2-1-3-6-12/h4,7-12H,1-3,5-6H2,(H,22,25). The fraction of sp³-hybridized carbons (Fsp3) is 0.333. The molecule has 1 aromatic carbocycles. The summed E-state index contributed by atoms with van der Waals surface area (Å²) in [5, 5.41) is 5.15. The van der Waals surface area contributed by atoms with Gasteiger partial charge < -0.3 is 0 Å². The largest absolute Gasteiger partial charge is 0.283 e. The van der Waals surface area contributed by atoms with Crippen LogP contribution in [0.1, 0.15) is 32.1 Å². The topological polar surface area (TPSA) is 81.8 Å². The van der Waals surface area contributed by atoms with Crippen LogP contribution < -0.4 is 11.0 Å². The molecular formula is C18H18ClN5O2. The van der Waals surface area contributed by atoms with Gasteiger partial charge in [-0.1, -0.05) is 36.9 Å². The van der Waals surface area contributed by atoms with E-state index in [1.807, 2.05) is 6.07 Å². The number of halogens is 1. The van der Waals surface area contributed by atoms with E-state index in [-0.39, 0.29) is 17.4 Å². The molecule has 0 atom stereocenters. The Bertz CT molecular complexity index is 1020. The molecule has 0 spiro atoms. The number of nitrogens with one attached hydrogen (secondary N) is 1. The van der Waals surface area contributed by atoms with Gasteiger partial charge >= 0.3 is 0 Å². The van der Waals surface area contributed by atoms with E-state index >= 15 is 0 Å². The molecule has 1 saturated carbocycles. The molecule has 134 valence electrons. The molecule has 1 N–H and O–H groups in total. The van der Waals surface area contributed by atoms with Crippen LogP contribution in [0.4, 0.5) is 0 Å². The Morgan fingerprint density at radius 3 is 2.81 bits per heavy atom. The van der Waals surface area contributed by atoms with Crippen LogP contribution in [-0.4, -0.2) is 25.3 Å². The van der Waals surface area contributed by atoms with Crippen molar-refractivity contribution in [2.45, 2.75) is 32.1 Å². The minimum atomic E-state index is -0.354. The van der Waals surface area contributed by atoms with Crippen molar-refractivity contribution in [1.29, 1.82) is 0 Å². The van der Waals surface area contributed by atoms with Crippen LogP contribution in [0.15, 0.2) is 41.6 Å². The first kappa shape index (κ1) is 16.8. The number of carbonyl (C=O) groups excluding carboxylic acids is 1. The summed E-state index contributed by atoms with van der Waals surface area (Å²) in [6, 6.07) is 7.14. The first-order chi connectivity index (χ1) is 12.6. The predicted octanol–water partition coefficient (Wildman–Crippen LogP) is 2.89. The molecule has 0 unspecified atom stereocenters. The Hall–Kier alpha value is -2.67. The molecule has 1 amide bonds. The predicted molar refractivity (Wildman–Crippen MR) is 99.1 cm³/mol. The maximum atomic E-state index is 12.7. The van der Waals surface area contributed by atoms with Gasteiger partial charge in [-0.2, -0.15) is 5.10 Å². The van der Waals surface area contributed by atoms with Gasteiger partial charge in [-0.3, -0.25) is 15.0 Å². The highest BCUT2D eigenvalue weighted by atomic mass is 35.5. The zero-order chi connectivity index (χ0) is 18.1. The molecule has 0 aliphatic heterocycles. The van der Waals surface area contributed by atoms with E-state index in [0.29, 0.717) is 21.7 Å². The molecular weight excluding hydrogens is 354 g/mol. The number of nitrogens with zero attached hydrogens (tertiary/aromatic N) is 4. The van der Waals surface area contributed by atoms with E-state index in [1.54, 1.807) is 22.9 Å². The highest BCUT2D eigenvalue weighted by molar-refractivity contribution is 6.30. The number of benzene rings is 1. The number of aromatic nitrogens is 4. The molecule has 1 aliphatic rings. The lowest BCUT2D eigenvalue weighted by Gasteiger charge is -2.20. The van der Waals surface area contributed by atoms with Gasteiger partial charge in [-0.15, -0.1) is 0 Å². The van der Waals surface area contributed by atoms with Gasteiger partial charge in [-0.25, -0.2) is 14.3 Å². The van der Waals surface area contributed by atoms with E-state index in [4.69, 9.17) is 11.6 Å². The number of hydrogen-bond acceptors (Lipinski definition) is 4. The van der Waals surface area contributed by atoms with Crippen LogP contribution in [0, 0.1) is 5.92 Å². The van der Waals surface area contributed by atoms with Gasteiger partial charge in [0, 0.05) is 10.9 Å². The van der Waals surface area contributed by atoms with Crippen molar-refractivity contribution in [3.8, 4) is 5.69 Å².